The van der Waals surface area contributed by atoms with E-state index < -0.39 is 0 Å². The summed E-state index contributed by atoms with van der Waals surface area (Å²) in [5.41, 5.74) is 5.69. The fourth-order valence-electron chi connectivity index (χ4n) is 3.87. The van der Waals surface area contributed by atoms with Crippen LogP contribution in [0.15, 0.2) is 79.0 Å². The third-order valence-electron chi connectivity index (χ3n) is 5.61. The highest BCUT2D eigenvalue weighted by Gasteiger charge is 2.16. The average Bonchev–Trinajstić information content (AvgIpc) is 3.15. The second-order valence-corrected chi connectivity index (χ2v) is 8.56. The summed E-state index contributed by atoms with van der Waals surface area (Å²) in [5, 5.41) is 3.89. The number of halogens is 3. The van der Waals surface area contributed by atoms with Gasteiger partial charge in [0.1, 0.15) is 17.9 Å². The molecule has 0 atom stereocenters. The minimum absolute atomic E-state index is 0. The molecule has 32 heavy (non-hydrogen) atoms. The molecule has 2 aromatic heterocycles. The first kappa shape index (κ1) is 22.7. The van der Waals surface area contributed by atoms with Gasteiger partial charge in [0.2, 0.25) is 5.69 Å². The Hall–Kier alpha value is -2.53. The average molecular weight is 528 g/mol. The largest absolute Gasteiger partial charge is 1.00 e. The van der Waals surface area contributed by atoms with Gasteiger partial charge in [-0.05, 0) is 42.0 Å². The molecule has 0 saturated heterocycles. The zero-order chi connectivity index (χ0) is 21.4. The van der Waals surface area contributed by atoms with Crippen molar-refractivity contribution in [3.8, 4) is 5.75 Å². The van der Waals surface area contributed by atoms with E-state index in [0.717, 1.165) is 38.9 Å². The summed E-state index contributed by atoms with van der Waals surface area (Å²) in [6, 6.07) is 24.1. The third-order valence-corrected chi connectivity index (χ3v) is 6.11. The van der Waals surface area contributed by atoms with Crippen molar-refractivity contribution in [2.24, 2.45) is 0 Å². The molecule has 0 fully saturated rings. The summed E-state index contributed by atoms with van der Waals surface area (Å²) in [7, 11) is 0. The SMILES string of the molecule is Cc1c2[nH]c3cc(OCc4ccc(Cl)cc4)ccc3c2cc[n+]1Cc1ccc(Cl)cc1.[Br-]. The molecule has 0 radical (unpaired) electrons. The summed E-state index contributed by atoms with van der Waals surface area (Å²) >= 11 is 12.0. The van der Waals surface area contributed by atoms with E-state index in [2.05, 4.69) is 53.0 Å². The number of fused-ring (bicyclic) bond motifs is 3. The van der Waals surface area contributed by atoms with Crippen LogP contribution in [-0.2, 0) is 13.2 Å². The summed E-state index contributed by atoms with van der Waals surface area (Å²) in [6.45, 7) is 3.44. The first-order valence-corrected chi connectivity index (χ1v) is 10.9. The van der Waals surface area contributed by atoms with Gasteiger partial charge in [0.15, 0.2) is 12.7 Å². The lowest BCUT2D eigenvalue weighted by Gasteiger charge is -2.06. The summed E-state index contributed by atoms with van der Waals surface area (Å²) in [4.78, 5) is 3.59. The van der Waals surface area contributed by atoms with Gasteiger partial charge in [0.25, 0.3) is 0 Å². The Morgan fingerprint density at radius 3 is 2.16 bits per heavy atom. The maximum atomic E-state index is 6.02. The number of rotatable bonds is 5. The lowest BCUT2D eigenvalue weighted by atomic mass is 10.1. The molecule has 0 unspecified atom stereocenters. The Bertz CT molecular complexity index is 1380. The zero-order valence-electron chi connectivity index (χ0n) is 17.4. The van der Waals surface area contributed by atoms with Gasteiger partial charge in [-0.3, -0.25) is 0 Å². The number of aromatic amines is 1. The van der Waals surface area contributed by atoms with Crippen molar-refractivity contribution in [3.05, 3.63) is 106 Å². The van der Waals surface area contributed by atoms with E-state index in [4.69, 9.17) is 27.9 Å². The van der Waals surface area contributed by atoms with Crippen LogP contribution in [0.4, 0.5) is 0 Å². The number of hydrogen-bond donors (Lipinski definition) is 1. The standard InChI is InChI=1S/C26H20Cl2N2O.BrH/c1-17-26-24(12-13-30(17)15-18-2-6-20(27)7-3-18)23-11-10-22(14-25(23)29-26)31-16-19-4-8-21(28)9-5-19;/h2-14H,15-16H2,1H3;1H. The molecule has 5 aromatic rings. The minimum Gasteiger partial charge on any atom is -1.00 e. The van der Waals surface area contributed by atoms with E-state index in [1.54, 1.807) is 0 Å². The van der Waals surface area contributed by atoms with E-state index in [-0.39, 0.29) is 17.0 Å². The number of nitrogens with zero attached hydrogens (tertiary/aromatic N) is 1. The van der Waals surface area contributed by atoms with Crippen LogP contribution in [0, 0.1) is 6.92 Å². The molecule has 5 rings (SSSR count). The Morgan fingerprint density at radius 1 is 0.812 bits per heavy atom. The normalized spacial score (nSPS) is 11.0. The Morgan fingerprint density at radius 2 is 1.47 bits per heavy atom. The maximum absolute atomic E-state index is 6.02. The lowest BCUT2D eigenvalue weighted by Crippen LogP contribution is -3.00. The van der Waals surface area contributed by atoms with Gasteiger partial charge >= 0.3 is 0 Å². The van der Waals surface area contributed by atoms with Crippen LogP contribution in [0.25, 0.3) is 21.8 Å². The van der Waals surface area contributed by atoms with Crippen molar-refractivity contribution in [1.82, 2.24) is 4.98 Å². The van der Waals surface area contributed by atoms with Crippen LogP contribution in [0.3, 0.4) is 0 Å². The number of pyridine rings is 1. The summed E-state index contributed by atoms with van der Waals surface area (Å²) in [5.74, 6) is 0.834. The van der Waals surface area contributed by atoms with Gasteiger partial charge in [0.05, 0.1) is 5.52 Å². The molecule has 0 aliphatic rings. The number of ether oxygens (including phenoxy) is 1. The molecule has 0 aliphatic carbocycles. The number of aryl methyl sites for hydroxylation is 1. The maximum Gasteiger partial charge on any atom is 0.202 e. The number of aromatic nitrogens is 2. The van der Waals surface area contributed by atoms with E-state index in [1.165, 1.54) is 22.0 Å². The highest BCUT2D eigenvalue weighted by Crippen LogP contribution is 2.29. The van der Waals surface area contributed by atoms with E-state index >= 15 is 0 Å². The molecule has 6 heteroatoms. The molecule has 0 aliphatic heterocycles. The van der Waals surface area contributed by atoms with Gasteiger partial charge in [0, 0.05) is 45.4 Å². The van der Waals surface area contributed by atoms with Gasteiger partial charge in [-0.25, -0.2) is 0 Å². The van der Waals surface area contributed by atoms with Crippen LogP contribution in [-0.4, -0.2) is 4.98 Å². The molecule has 162 valence electrons. The molecule has 1 N–H and O–H groups in total. The Balaban J connectivity index is 0.00000245. The second-order valence-electron chi connectivity index (χ2n) is 7.69. The Kier molecular flexibility index (Phi) is 6.75. The topological polar surface area (TPSA) is 28.9 Å². The van der Waals surface area contributed by atoms with Crippen molar-refractivity contribution in [3.63, 3.8) is 0 Å². The number of hydrogen-bond acceptors (Lipinski definition) is 1. The predicted octanol–water partition coefficient (Wildman–Crippen LogP) is 3.86. The van der Waals surface area contributed by atoms with Gasteiger partial charge in [-0.15, -0.1) is 0 Å². The fraction of sp³-hybridized carbons (Fsp3) is 0.115. The van der Waals surface area contributed by atoms with Gasteiger partial charge in [-0.1, -0.05) is 47.5 Å². The van der Waals surface area contributed by atoms with Crippen molar-refractivity contribution in [1.29, 1.82) is 0 Å². The molecule has 3 aromatic carbocycles. The van der Waals surface area contributed by atoms with Crippen molar-refractivity contribution >= 4 is 45.0 Å². The monoisotopic (exact) mass is 526 g/mol. The summed E-state index contributed by atoms with van der Waals surface area (Å²) < 4.78 is 8.25. The third kappa shape index (κ3) is 4.63. The molecule has 3 nitrogen and oxygen atoms in total. The highest BCUT2D eigenvalue weighted by atomic mass is 79.9. The zero-order valence-corrected chi connectivity index (χ0v) is 20.5. The number of H-pyrrole nitrogens is 1. The summed E-state index contributed by atoms with van der Waals surface area (Å²) in [6.07, 6.45) is 2.14. The smallest absolute Gasteiger partial charge is 0.202 e. The van der Waals surface area contributed by atoms with Crippen LogP contribution >= 0.6 is 23.2 Å². The number of nitrogens with one attached hydrogen (secondary N) is 1. The van der Waals surface area contributed by atoms with Gasteiger partial charge < -0.3 is 26.7 Å². The molecule has 0 spiro atoms. The van der Waals surface area contributed by atoms with Crippen molar-refractivity contribution in [2.75, 3.05) is 0 Å². The van der Waals surface area contributed by atoms with Crippen LogP contribution < -0.4 is 26.3 Å². The van der Waals surface area contributed by atoms with Crippen LogP contribution in [0.5, 0.6) is 5.75 Å². The first-order chi connectivity index (χ1) is 15.1. The van der Waals surface area contributed by atoms with Crippen molar-refractivity contribution in [2.45, 2.75) is 20.1 Å². The second kappa shape index (κ2) is 9.53. The lowest BCUT2D eigenvalue weighted by molar-refractivity contribution is -0.693. The highest BCUT2D eigenvalue weighted by molar-refractivity contribution is 6.30. The fourth-order valence-corrected chi connectivity index (χ4v) is 4.12. The quantitative estimate of drug-likeness (QED) is 0.345. The Labute approximate surface area is 207 Å². The molecular formula is C26H21BrCl2N2O. The molecule has 0 saturated carbocycles. The first-order valence-electron chi connectivity index (χ1n) is 10.1. The van der Waals surface area contributed by atoms with E-state index in [0.29, 0.717) is 6.61 Å². The van der Waals surface area contributed by atoms with Crippen molar-refractivity contribution < 1.29 is 26.3 Å². The predicted molar refractivity (Wildman–Crippen MR) is 127 cm³/mol. The molecule has 0 amide bonds. The van der Waals surface area contributed by atoms with Crippen LogP contribution in [0.1, 0.15) is 16.8 Å². The van der Waals surface area contributed by atoms with E-state index in [9.17, 15) is 0 Å². The van der Waals surface area contributed by atoms with Crippen LogP contribution in [0.2, 0.25) is 10.0 Å². The molecule has 0 bridgehead atoms. The van der Waals surface area contributed by atoms with E-state index in [1.807, 2.05) is 42.5 Å². The van der Waals surface area contributed by atoms with Gasteiger partial charge in [-0.2, -0.15) is 4.57 Å². The molecule has 2 heterocycles. The number of benzene rings is 3. The molecular weight excluding hydrogens is 507 g/mol. The minimum atomic E-state index is 0.